The number of hydrogen-bond donors (Lipinski definition) is 1. The number of aromatic nitrogens is 3. The molecule has 3 aromatic rings. The summed E-state index contributed by atoms with van der Waals surface area (Å²) in [6.07, 6.45) is 7.15. The average molecular weight is 361 g/mol. The first-order valence-electron chi connectivity index (χ1n) is 9.33. The van der Waals surface area contributed by atoms with E-state index in [4.69, 9.17) is 0 Å². The normalized spacial score (nSPS) is 13.9. The van der Waals surface area contributed by atoms with Crippen molar-refractivity contribution in [2.45, 2.75) is 19.4 Å². The summed E-state index contributed by atoms with van der Waals surface area (Å²) in [6.45, 7) is 3.75. The van der Waals surface area contributed by atoms with Crippen molar-refractivity contribution in [1.82, 2.24) is 25.0 Å². The number of rotatable bonds is 6. The molecule has 0 radical (unpaired) electrons. The number of carbonyl (C=O) groups is 1. The topological polar surface area (TPSA) is 63.1 Å². The molecule has 1 aliphatic rings. The maximum Gasteiger partial charge on any atom is 0.252 e. The van der Waals surface area contributed by atoms with Crippen LogP contribution in [0.3, 0.4) is 0 Å². The zero-order valence-electron chi connectivity index (χ0n) is 15.2. The molecule has 1 aliphatic heterocycles. The molecule has 138 valence electrons. The van der Waals surface area contributed by atoms with Gasteiger partial charge in [-0.05, 0) is 42.2 Å². The first-order valence-corrected chi connectivity index (χ1v) is 9.33. The molecular weight excluding hydrogens is 338 g/mol. The molecule has 0 spiro atoms. The molecule has 0 unspecified atom stereocenters. The third kappa shape index (κ3) is 4.23. The van der Waals surface area contributed by atoms with Gasteiger partial charge in [0.2, 0.25) is 0 Å². The number of fused-ring (bicyclic) bond motifs is 1. The minimum atomic E-state index is -0.0847. The van der Waals surface area contributed by atoms with Crippen molar-refractivity contribution in [2.24, 2.45) is 0 Å². The molecule has 0 atom stereocenters. The Bertz CT molecular complexity index is 889. The molecule has 0 saturated heterocycles. The van der Waals surface area contributed by atoms with Crippen molar-refractivity contribution in [3.05, 3.63) is 77.7 Å². The molecule has 0 fully saturated rings. The quantitative estimate of drug-likeness (QED) is 0.685. The Labute approximate surface area is 158 Å². The van der Waals surface area contributed by atoms with E-state index in [1.54, 1.807) is 29.2 Å². The lowest BCUT2D eigenvalue weighted by Crippen LogP contribution is -2.33. The van der Waals surface area contributed by atoms with Gasteiger partial charge in [-0.2, -0.15) is 5.10 Å². The van der Waals surface area contributed by atoms with Gasteiger partial charge in [0, 0.05) is 44.8 Å². The van der Waals surface area contributed by atoms with Crippen LogP contribution in [0.1, 0.15) is 27.9 Å². The summed E-state index contributed by atoms with van der Waals surface area (Å²) in [5.74, 6) is 0.612. The summed E-state index contributed by atoms with van der Waals surface area (Å²) in [5, 5.41) is 7.11. The van der Waals surface area contributed by atoms with Gasteiger partial charge in [-0.3, -0.25) is 9.69 Å². The molecule has 27 heavy (non-hydrogen) atoms. The highest BCUT2D eigenvalue weighted by Crippen LogP contribution is 2.18. The van der Waals surface area contributed by atoms with Gasteiger partial charge in [0.25, 0.3) is 5.91 Å². The predicted molar refractivity (Wildman–Crippen MR) is 104 cm³/mol. The lowest BCUT2D eigenvalue weighted by molar-refractivity contribution is 0.0951. The van der Waals surface area contributed by atoms with E-state index < -0.39 is 0 Å². The third-order valence-electron chi connectivity index (χ3n) is 4.90. The van der Waals surface area contributed by atoms with Crippen LogP contribution in [-0.4, -0.2) is 45.2 Å². The van der Waals surface area contributed by atoms with E-state index in [9.17, 15) is 4.79 Å². The third-order valence-corrected chi connectivity index (χ3v) is 4.90. The molecular formula is C21H23N5O. The summed E-state index contributed by atoms with van der Waals surface area (Å²) in [5.41, 5.74) is 3.46. The minimum Gasteiger partial charge on any atom is -0.352 e. The van der Waals surface area contributed by atoms with Crippen LogP contribution >= 0.6 is 0 Å². The summed E-state index contributed by atoms with van der Waals surface area (Å²) in [4.78, 5) is 19.0. The van der Waals surface area contributed by atoms with Crippen molar-refractivity contribution >= 4 is 5.91 Å². The lowest BCUT2D eigenvalue weighted by Gasteiger charge is -2.28. The smallest absolute Gasteiger partial charge is 0.252 e. The molecule has 2 aromatic heterocycles. The van der Waals surface area contributed by atoms with E-state index in [2.05, 4.69) is 44.6 Å². The van der Waals surface area contributed by atoms with Crippen LogP contribution in [-0.2, 0) is 13.0 Å². The highest BCUT2D eigenvalue weighted by atomic mass is 16.1. The maximum atomic E-state index is 12.3. The van der Waals surface area contributed by atoms with Crippen molar-refractivity contribution < 1.29 is 4.79 Å². The summed E-state index contributed by atoms with van der Waals surface area (Å²) < 4.78 is 1.67. The molecule has 1 N–H and O–H groups in total. The van der Waals surface area contributed by atoms with Crippen LogP contribution in [0.15, 0.2) is 61.1 Å². The standard InChI is InChI=1S/C21H23N5O/c27-21(18-7-8-20(23-15-18)26-13-4-11-24-26)22-10-3-12-25-14-9-17-5-1-2-6-19(17)16-25/h1-2,4-8,11,13,15H,3,9-10,12,14,16H2,(H,22,27). The number of nitrogens with zero attached hydrogens (tertiary/aromatic N) is 4. The van der Waals surface area contributed by atoms with Crippen molar-refractivity contribution in [2.75, 3.05) is 19.6 Å². The Kier molecular flexibility index (Phi) is 5.25. The van der Waals surface area contributed by atoms with Crippen LogP contribution in [0.2, 0.25) is 0 Å². The Morgan fingerprint density at radius 2 is 2.00 bits per heavy atom. The molecule has 6 nitrogen and oxygen atoms in total. The van der Waals surface area contributed by atoms with Gasteiger partial charge < -0.3 is 5.32 Å². The highest BCUT2D eigenvalue weighted by Gasteiger charge is 2.15. The molecule has 3 heterocycles. The second kappa shape index (κ2) is 8.14. The van der Waals surface area contributed by atoms with E-state index in [0.717, 1.165) is 32.5 Å². The van der Waals surface area contributed by atoms with Crippen LogP contribution in [0.25, 0.3) is 5.82 Å². The van der Waals surface area contributed by atoms with Gasteiger partial charge in [-0.25, -0.2) is 9.67 Å². The van der Waals surface area contributed by atoms with Gasteiger partial charge in [-0.15, -0.1) is 0 Å². The summed E-state index contributed by atoms with van der Waals surface area (Å²) in [6, 6.07) is 14.1. The van der Waals surface area contributed by atoms with E-state index in [-0.39, 0.29) is 5.91 Å². The predicted octanol–water partition coefficient (Wildman–Crippen LogP) is 2.45. The van der Waals surface area contributed by atoms with Crippen molar-refractivity contribution in [3.63, 3.8) is 0 Å². The SMILES string of the molecule is O=C(NCCCN1CCc2ccccc2C1)c1ccc(-n2cccn2)nc1. The fraction of sp³-hybridized carbons (Fsp3) is 0.286. The van der Waals surface area contributed by atoms with E-state index >= 15 is 0 Å². The number of amides is 1. The largest absolute Gasteiger partial charge is 0.352 e. The Morgan fingerprint density at radius 3 is 2.78 bits per heavy atom. The lowest BCUT2D eigenvalue weighted by atomic mass is 10.00. The molecule has 0 saturated carbocycles. The van der Waals surface area contributed by atoms with Gasteiger partial charge in [0.15, 0.2) is 5.82 Å². The van der Waals surface area contributed by atoms with Crippen molar-refractivity contribution in [1.29, 1.82) is 0 Å². The number of pyridine rings is 1. The van der Waals surface area contributed by atoms with Gasteiger partial charge in [0.05, 0.1) is 5.56 Å². The van der Waals surface area contributed by atoms with Gasteiger partial charge in [-0.1, -0.05) is 24.3 Å². The molecule has 0 aliphatic carbocycles. The molecule has 1 amide bonds. The minimum absolute atomic E-state index is 0.0847. The molecule has 1 aromatic carbocycles. The first kappa shape index (κ1) is 17.4. The van der Waals surface area contributed by atoms with Crippen LogP contribution in [0.4, 0.5) is 0 Å². The number of benzene rings is 1. The van der Waals surface area contributed by atoms with E-state index in [1.165, 1.54) is 11.1 Å². The Balaban J connectivity index is 1.22. The zero-order valence-corrected chi connectivity index (χ0v) is 15.2. The summed E-state index contributed by atoms with van der Waals surface area (Å²) in [7, 11) is 0. The van der Waals surface area contributed by atoms with Crippen LogP contribution in [0.5, 0.6) is 0 Å². The Morgan fingerprint density at radius 1 is 1.11 bits per heavy atom. The number of carbonyl (C=O) groups excluding carboxylic acids is 1. The van der Waals surface area contributed by atoms with Crippen molar-refractivity contribution in [3.8, 4) is 5.82 Å². The second-order valence-corrected chi connectivity index (χ2v) is 6.76. The van der Waals surface area contributed by atoms with Gasteiger partial charge >= 0.3 is 0 Å². The summed E-state index contributed by atoms with van der Waals surface area (Å²) >= 11 is 0. The van der Waals surface area contributed by atoms with Crippen LogP contribution in [0, 0.1) is 0 Å². The average Bonchev–Trinajstić information content (AvgIpc) is 3.26. The first-order chi connectivity index (χ1) is 13.3. The van der Waals surface area contributed by atoms with Crippen LogP contribution < -0.4 is 5.32 Å². The highest BCUT2D eigenvalue weighted by molar-refractivity contribution is 5.93. The molecule has 4 rings (SSSR count). The fourth-order valence-corrected chi connectivity index (χ4v) is 3.41. The van der Waals surface area contributed by atoms with E-state index in [0.29, 0.717) is 17.9 Å². The zero-order chi connectivity index (χ0) is 18.5. The van der Waals surface area contributed by atoms with E-state index in [1.807, 2.05) is 12.3 Å². The Hall–Kier alpha value is -2.99. The molecule has 6 heteroatoms. The monoisotopic (exact) mass is 361 g/mol. The molecule has 0 bridgehead atoms. The number of hydrogen-bond acceptors (Lipinski definition) is 4. The number of nitrogens with one attached hydrogen (secondary N) is 1. The van der Waals surface area contributed by atoms with Gasteiger partial charge in [0.1, 0.15) is 0 Å². The maximum absolute atomic E-state index is 12.3. The second-order valence-electron chi connectivity index (χ2n) is 6.76. The fourth-order valence-electron chi connectivity index (χ4n) is 3.41.